The van der Waals surface area contributed by atoms with Gasteiger partial charge < -0.3 is 15.0 Å². The summed E-state index contributed by atoms with van der Waals surface area (Å²) >= 11 is 0. The van der Waals surface area contributed by atoms with Gasteiger partial charge in [-0.05, 0) is 60.5 Å². The molecule has 0 aliphatic heterocycles. The third-order valence-corrected chi connectivity index (χ3v) is 4.64. The summed E-state index contributed by atoms with van der Waals surface area (Å²) in [5, 5.41) is 3.71. The summed E-state index contributed by atoms with van der Waals surface area (Å²) in [7, 11) is 0. The summed E-state index contributed by atoms with van der Waals surface area (Å²) in [5.74, 6) is 0.171. The molecule has 5 nitrogen and oxygen atoms in total. The largest absolute Gasteiger partial charge is 0.487 e. The number of aromatic amines is 1. The zero-order valence-electron chi connectivity index (χ0n) is 15.9. The molecule has 6 heteroatoms. The molecule has 0 aliphatic carbocycles. The number of nitrogens with one attached hydrogen (secondary N) is 2. The van der Waals surface area contributed by atoms with Crippen LogP contribution in [-0.2, 0) is 13.2 Å². The number of rotatable bonds is 6. The molecular formula is C23H20FN3O2. The number of aryl methyl sites for hydroxylation is 1. The van der Waals surface area contributed by atoms with Gasteiger partial charge in [0, 0.05) is 23.6 Å². The number of H-pyrrole nitrogens is 1. The van der Waals surface area contributed by atoms with E-state index in [4.69, 9.17) is 4.74 Å². The topological polar surface area (TPSA) is 67.0 Å². The third kappa shape index (κ3) is 4.43. The number of amides is 1. The summed E-state index contributed by atoms with van der Waals surface area (Å²) in [4.78, 5) is 19.6. The van der Waals surface area contributed by atoms with Crippen LogP contribution in [0, 0.1) is 12.7 Å². The van der Waals surface area contributed by atoms with Crippen LogP contribution >= 0.6 is 0 Å². The first kappa shape index (κ1) is 18.7. The van der Waals surface area contributed by atoms with Crippen LogP contribution in [0.25, 0.3) is 10.9 Å². The van der Waals surface area contributed by atoms with Gasteiger partial charge in [-0.2, -0.15) is 0 Å². The highest BCUT2D eigenvalue weighted by Crippen LogP contribution is 2.21. The second-order valence-electron chi connectivity index (χ2n) is 6.80. The van der Waals surface area contributed by atoms with Gasteiger partial charge in [-0.3, -0.25) is 9.78 Å². The lowest BCUT2D eigenvalue weighted by Crippen LogP contribution is -2.23. The number of benzene rings is 2. The Morgan fingerprint density at radius 1 is 1.14 bits per heavy atom. The highest BCUT2D eigenvalue weighted by Gasteiger charge is 2.11. The molecule has 4 rings (SSSR count). The first-order chi connectivity index (χ1) is 14.1. The lowest BCUT2D eigenvalue weighted by molar-refractivity contribution is 0.0946. The second kappa shape index (κ2) is 8.14. The Kier molecular flexibility index (Phi) is 5.24. The average Bonchev–Trinajstić information content (AvgIpc) is 3.16. The maximum absolute atomic E-state index is 13.5. The third-order valence-electron chi connectivity index (χ3n) is 4.64. The number of aromatic nitrogens is 2. The summed E-state index contributed by atoms with van der Waals surface area (Å²) < 4.78 is 19.2. The van der Waals surface area contributed by atoms with Crippen molar-refractivity contribution in [1.29, 1.82) is 0 Å². The fourth-order valence-electron chi connectivity index (χ4n) is 3.12. The van der Waals surface area contributed by atoms with Gasteiger partial charge in [0.05, 0.1) is 5.69 Å². The van der Waals surface area contributed by atoms with E-state index < -0.39 is 0 Å². The molecule has 146 valence electrons. The van der Waals surface area contributed by atoms with Crippen molar-refractivity contribution in [1.82, 2.24) is 15.3 Å². The Morgan fingerprint density at radius 2 is 1.97 bits per heavy atom. The monoisotopic (exact) mass is 389 g/mol. The zero-order chi connectivity index (χ0) is 20.2. The van der Waals surface area contributed by atoms with Crippen LogP contribution in [0.4, 0.5) is 4.39 Å². The highest BCUT2D eigenvalue weighted by molar-refractivity contribution is 5.98. The van der Waals surface area contributed by atoms with Crippen LogP contribution in [0.15, 0.2) is 66.9 Å². The summed E-state index contributed by atoms with van der Waals surface area (Å²) in [6.07, 6.45) is 1.73. The molecule has 0 bridgehead atoms. The molecule has 0 spiro atoms. The van der Waals surface area contributed by atoms with Crippen LogP contribution in [-0.4, -0.2) is 15.9 Å². The van der Waals surface area contributed by atoms with Gasteiger partial charge in [0.15, 0.2) is 0 Å². The van der Waals surface area contributed by atoms with E-state index in [9.17, 15) is 9.18 Å². The molecule has 0 saturated carbocycles. The molecule has 2 heterocycles. The number of ether oxygens (including phenoxy) is 1. The average molecular weight is 389 g/mol. The molecule has 0 unspecified atom stereocenters. The van der Waals surface area contributed by atoms with Gasteiger partial charge in [0.1, 0.15) is 23.9 Å². The van der Waals surface area contributed by atoms with Gasteiger partial charge in [0.2, 0.25) is 0 Å². The van der Waals surface area contributed by atoms with Crippen molar-refractivity contribution >= 4 is 16.8 Å². The van der Waals surface area contributed by atoms with Crippen LogP contribution in [0.3, 0.4) is 0 Å². The molecule has 0 saturated heterocycles. The van der Waals surface area contributed by atoms with Gasteiger partial charge >= 0.3 is 0 Å². The number of hydrogen-bond donors (Lipinski definition) is 2. The first-order valence-corrected chi connectivity index (χ1v) is 9.27. The SMILES string of the molecule is Cc1cc(F)cc2[nH]c(C(=O)NCc3ccc(OCc4ccccn4)cc3)cc12. The van der Waals surface area contributed by atoms with Crippen molar-refractivity contribution < 1.29 is 13.9 Å². The Balaban J connectivity index is 1.35. The van der Waals surface area contributed by atoms with E-state index in [-0.39, 0.29) is 11.7 Å². The predicted octanol–water partition coefficient (Wildman–Crippen LogP) is 4.52. The van der Waals surface area contributed by atoms with Crippen LogP contribution in [0.2, 0.25) is 0 Å². The lowest BCUT2D eigenvalue weighted by Gasteiger charge is -2.08. The summed E-state index contributed by atoms with van der Waals surface area (Å²) in [5.41, 5.74) is 3.61. The van der Waals surface area contributed by atoms with Crippen LogP contribution in [0.5, 0.6) is 5.75 Å². The molecule has 2 N–H and O–H groups in total. The van der Waals surface area contributed by atoms with Crippen molar-refractivity contribution in [2.45, 2.75) is 20.1 Å². The molecule has 0 aliphatic rings. The van der Waals surface area contributed by atoms with Gasteiger partial charge in [-0.1, -0.05) is 18.2 Å². The highest BCUT2D eigenvalue weighted by atomic mass is 19.1. The Labute approximate surface area is 167 Å². The van der Waals surface area contributed by atoms with E-state index in [1.165, 1.54) is 12.1 Å². The van der Waals surface area contributed by atoms with Gasteiger partial charge in [-0.25, -0.2) is 4.39 Å². The number of carbonyl (C=O) groups excluding carboxylic acids is 1. The van der Waals surface area contributed by atoms with E-state index in [0.717, 1.165) is 28.0 Å². The smallest absolute Gasteiger partial charge is 0.267 e. The first-order valence-electron chi connectivity index (χ1n) is 9.27. The fourth-order valence-corrected chi connectivity index (χ4v) is 3.12. The molecule has 0 atom stereocenters. The standard InChI is InChI=1S/C23H20FN3O2/c1-15-10-17(24)11-21-20(15)12-22(27-21)23(28)26-13-16-5-7-19(8-6-16)29-14-18-4-2-3-9-25-18/h2-12,27H,13-14H2,1H3,(H,26,28). The Morgan fingerprint density at radius 3 is 2.72 bits per heavy atom. The van der Waals surface area contributed by atoms with Crippen molar-refractivity contribution in [3.05, 3.63) is 95.2 Å². The van der Waals surface area contributed by atoms with Crippen LogP contribution < -0.4 is 10.1 Å². The zero-order valence-corrected chi connectivity index (χ0v) is 15.9. The van der Waals surface area contributed by atoms with E-state index in [2.05, 4.69) is 15.3 Å². The normalized spacial score (nSPS) is 10.8. The number of hydrogen-bond acceptors (Lipinski definition) is 3. The lowest BCUT2D eigenvalue weighted by atomic mass is 10.1. The molecule has 29 heavy (non-hydrogen) atoms. The number of pyridine rings is 1. The second-order valence-corrected chi connectivity index (χ2v) is 6.80. The van der Waals surface area contributed by atoms with Crippen molar-refractivity contribution in [2.24, 2.45) is 0 Å². The summed E-state index contributed by atoms with van der Waals surface area (Å²) in [6, 6.07) is 17.8. The minimum atomic E-state index is -0.325. The van der Waals surface area contributed by atoms with E-state index >= 15 is 0 Å². The molecule has 0 fully saturated rings. The minimum absolute atomic E-state index is 0.239. The molecular weight excluding hydrogens is 369 g/mol. The molecule has 2 aromatic heterocycles. The van der Waals surface area contributed by atoms with Crippen molar-refractivity contribution in [3.63, 3.8) is 0 Å². The maximum Gasteiger partial charge on any atom is 0.267 e. The van der Waals surface area contributed by atoms with E-state index in [1.807, 2.05) is 49.4 Å². The molecule has 2 aromatic carbocycles. The Hall–Kier alpha value is -3.67. The Bertz CT molecular complexity index is 1140. The van der Waals surface area contributed by atoms with Crippen molar-refractivity contribution in [2.75, 3.05) is 0 Å². The molecule has 0 radical (unpaired) electrons. The number of carbonyl (C=O) groups is 1. The van der Waals surface area contributed by atoms with E-state index in [1.54, 1.807) is 12.3 Å². The minimum Gasteiger partial charge on any atom is -0.487 e. The number of fused-ring (bicyclic) bond motifs is 1. The summed E-state index contributed by atoms with van der Waals surface area (Å²) in [6.45, 7) is 2.60. The van der Waals surface area contributed by atoms with Crippen molar-refractivity contribution in [3.8, 4) is 5.75 Å². The number of nitrogens with zero attached hydrogens (tertiary/aromatic N) is 1. The molecule has 4 aromatic rings. The van der Waals surface area contributed by atoms with Gasteiger partial charge in [0.25, 0.3) is 5.91 Å². The number of halogens is 1. The van der Waals surface area contributed by atoms with Gasteiger partial charge in [-0.15, -0.1) is 0 Å². The maximum atomic E-state index is 13.5. The fraction of sp³-hybridized carbons (Fsp3) is 0.130. The molecule has 1 amide bonds. The van der Waals surface area contributed by atoms with E-state index in [0.29, 0.717) is 24.4 Å². The predicted molar refractivity (Wildman–Crippen MR) is 109 cm³/mol. The quantitative estimate of drug-likeness (QED) is 0.510. The van der Waals surface area contributed by atoms with Crippen LogP contribution in [0.1, 0.15) is 27.3 Å².